The van der Waals surface area contributed by atoms with Crippen LogP contribution < -0.4 is 0 Å². The first-order valence-corrected chi connectivity index (χ1v) is 7.95. The van der Waals surface area contributed by atoms with Gasteiger partial charge >= 0.3 is 7.12 Å². The molecule has 0 aromatic rings. The molecule has 1 aliphatic carbocycles. The van der Waals surface area contributed by atoms with E-state index in [1.807, 2.05) is 13.8 Å². The zero-order valence-corrected chi connectivity index (χ0v) is 14.9. The summed E-state index contributed by atoms with van der Waals surface area (Å²) in [5, 5.41) is 10.1. The molecule has 1 saturated heterocycles. The minimum Gasteiger partial charge on any atom is -0.432 e. The van der Waals surface area contributed by atoms with Crippen LogP contribution in [0.1, 0.15) is 68.2 Å². The SMILES string of the molecule is CC(C)(O)C(C)(C)OBC1(B2OC(C)(C)C(C)(C)O2)CC1. The Kier molecular flexibility index (Phi) is 3.90. The van der Waals surface area contributed by atoms with Crippen LogP contribution in [0.5, 0.6) is 0 Å². The average Bonchev–Trinajstić information content (AvgIpc) is 3.00. The molecule has 0 spiro atoms. The molecule has 0 aromatic heterocycles. The van der Waals surface area contributed by atoms with Gasteiger partial charge in [0.15, 0.2) is 0 Å². The summed E-state index contributed by atoms with van der Waals surface area (Å²) in [7, 11) is 0.334. The van der Waals surface area contributed by atoms with Crippen molar-refractivity contribution in [2.45, 2.75) is 95.8 Å². The van der Waals surface area contributed by atoms with Crippen molar-refractivity contribution < 1.29 is 19.1 Å². The lowest BCUT2D eigenvalue weighted by atomic mass is 9.52. The second-order valence-electron chi connectivity index (χ2n) is 8.81. The Labute approximate surface area is 130 Å². The van der Waals surface area contributed by atoms with Crippen LogP contribution in [-0.2, 0) is 14.0 Å². The summed E-state index contributed by atoms with van der Waals surface area (Å²) in [5.41, 5.74) is -2.11. The van der Waals surface area contributed by atoms with E-state index in [0.717, 1.165) is 12.8 Å². The molecular formula is C15H30B2O4. The van der Waals surface area contributed by atoms with E-state index in [9.17, 15) is 5.11 Å². The van der Waals surface area contributed by atoms with Gasteiger partial charge in [-0.1, -0.05) is 12.8 Å². The fourth-order valence-electron chi connectivity index (χ4n) is 2.20. The van der Waals surface area contributed by atoms with E-state index in [2.05, 4.69) is 27.7 Å². The van der Waals surface area contributed by atoms with E-state index in [-0.39, 0.29) is 23.5 Å². The predicted octanol–water partition coefficient (Wildman–Crippen LogP) is 2.49. The number of hydrogen-bond donors (Lipinski definition) is 1. The summed E-state index contributed by atoms with van der Waals surface area (Å²) in [4.78, 5) is 0. The van der Waals surface area contributed by atoms with Gasteiger partial charge in [-0.15, -0.1) is 0 Å². The first-order valence-electron chi connectivity index (χ1n) is 7.95. The van der Waals surface area contributed by atoms with Gasteiger partial charge < -0.3 is 19.1 Å². The lowest BCUT2D eigenvalue weighted by Gasteiger charge is -2.38. The Morgan fingerprint density at radius 2 is 1.43 bits per heavy atom. The van der Waals surface area contributed by atoms with Crippen LogP contribution in [0.2, 0.25) is 5.21 Å². The van der Waals surface area contributed by atoms with E-state index in [4.69, 9.17) is 14.0 Å². The Morgan fingerprint density at radius 1 is 1.00 bits per heavy atom. The molecule has 1 heterocycles. The molecule has 4 nitrogen and oxygen atoms in total. The van der Waals surface area contributed by atoms with E-state index >= 15 is 0 Å². The first-order chi connectivity index (χ1) is 9.23. The van der Waals surface area contributed by atoms with Gasteiger partial charge in [0.2, 0.25) is 0 Å². The van der Waals surface area contributed by atoms with Crippen molar-refractivity contribution in [1.82, 2.24) is 0 Å². The van der Waals surface area contributed by atoms with Crippen LogP contribution in [0.25, 0.3) is 0 Å². The summed E-state index contributed by atoms with van der Waals surface area (Å²) in [6, 6.07) is 0. The third-order valence-corrected chi connectivity index (χ3v) is 5.84. The number of aliphatic hydroxyl groups is 1. The first kappa shape index (κ1) is 17.3. The maximum absolute atomic E-state index is 10.2. The highest BCUT2D eigenvalue weighted by atomic mass is 16.7. The van der Waals surface area contributed by atoms with Gasteiger partial charge in [-0.05, 0) is 55.4 Å². The van der Waals surface area contributed by atoms with Gasteiger partial charge in [0, 0.05) is 5.21 Å². The third-order valence-electron chi connectivity index (χ3n) is 5.84. The summed E-state index contributed by atoms with van der Waals surface area (Å²) < 4.78 is 18.4. The highest BCUT2D eigenvalue weighted by Crippen LogP contribution is 2.59. The van der Waals surface area contributed by atoms with Crippen molar-refractivity contribution in [3.05, 3.63) is 0 Å². The van der Waals surface area contributed by atoms with Crippen molar-refractivity contribution in [1.29, 1.82) is 0 Å². The fourth-order valence-corrected chi connectivity index (χ4v) is 2.20. The molecule has 2 rings (SSSR count). The van der Waals surface area contributed by atoms with Gasteiger partial charge in [-0.3, -0.25) is 0 Å². The van der Waals surface area contributed by atoms with E-state index in [1.165, 1.54) is 0 Å². The molecule has 0 bridgehead atoms. The van der Waals surface area contributed by atoms with Gasteiger partial charge in [0.1, 0.15) is 0 Å². The summed E-state index contributed by atoms with van der Waals surface area (Å²) in [6.45, 7) is 15.7. The Morgan fingerprint density at radius 3 is 1.76 bits per heavy atom. The van der Waals surface area contributed by atoms with Crippen LogP contribution in [-0.4, -0.2) is 42.1 Å². The second kappa shape index (κ2) is 4.73. The second-order valence-corrected chi connectivity index (χ2v) is 8.81. The number of rotatable bonds is 5. The topological polar surface area (TPSA) is 47.9 Å². The van der Waals surface area contributed by atoms with E-state index in [0.29, 0.717) is 7.48 Å². The lowest BCUT2D eigenvalue weighted by molar-refractivity contribution is -0.0909. The molecule has 0 aromatic carbocycles. The maximum atomic E-state index is 10.2. The molecule has 120 valence electrons. The molecule has 6 heteroatoms. The normalized spacial score (nSPS) is 26.8. The summed E-state index contributed by atoms with van der Waals surface area (Å²) in [6.07, 6.45) is 2.09. The van der Waals surface area contributed by atoms with Crippen LogP contribution in [0, 0.1) is 0 Å². The monoisotopic (exact) mass is 296 g/mol. The van der Waals surface area contributed by atoms with Crippen LogP contribution in [0.3, 0.4) is 0 Å². The zero-order valence-electron chi connectivity index (χ0n) is 14.9. The largest absolute Gasteiger partial charge is 0.459 e. The molecule has 2 aliphatic rings. The Bertz CT molecular complexity index is 392. The van der Waals surface area contributed by atoms with Crippen molar-refractivity contribution in [3.63, 3.8) is 0 Å². The van der Waals surface area contributed by atoms with E-state index < -0.39 is 11.2 Å². The maximum Gasteiger partial charge on any atom is 0.459 e. The molecule has 0 atom stereocenters. The van der Waals surface area contributed by atoms with Gasteiger partial charge in [0.05, 0.1) is 22.4 Å². The average molecular weight is 296 g/mol. The molecule has 0 radical (unpaired) electrons. The molecule has 0 amide bonds. The van der Waals surface area contributed by atoms with Gasteiger partial charge in [0.25, 0.3) is 7.48 Å². The highest BCUT2D eigenvalue weighted by Gasteiger charge is 2.65. The molecule has 1 aliphatic heterocycles. The van der Waals surface area contributed by atoms with Crippen LogP contribution in [0.15, 0.2) is 0 Å². The minimum atomic E-state index is -0.890. The zero-order chi connectivity index (χ0) is 16.3. The smallest absolute Gasteiger partial charge is 0.432 e. The fraction of sp³-hybridized carbons (Fsp3) is 1.00. The van der Waals surface area contributed by atoms with Crippen molar-refractivity contribution >= 4 is 14.6 Å². The number of hydrogen-bond acceptors (Lipinski definition) is 4. The van der Waals surface area contributed by atoms with Crippen molar-refractivity contribution in [2.75, 3.05) is 0 Å². The highest BCUT2D eigenvalue weighted by molar-refractivity contribution is 6.66. The standard InChI is InChI=1S/C15H30B2O4/c1-11(2,18)12(3,4)19-16-15(9-10-15)17-20-13(5,6)14(7,8)21-17/h16,18H,9-10H2,1-8H3. The van der Waals surface area contributed by atoms with Crippen molar-refractivity contribution in [2.24, 2.45) is 0 Å². The molecular weight excluding hydrogens is 266 g/mol. The molecule has 1 N–H and O–H groups in total. The summed E-state index contributed by atoms with van der Waals surface area (Å²) >= 11 is 0. The summed E-state index contributed by atoms with van der Waals surface area (Å²) in [5.74, 6) is 0. The van der Waals surface area contributed by atoms with Gasteiger partial charge in [-0.2, -0.15) is 0 Å². The molecule has 21 heavy (non-hydrogen) atoms. The van der Waals surface area contributed by atoms with Gasteiger partial charge in [-0.25, -0.2) is 0 Å². The quantitative estimate of drug-likeness (QED) is 0.792. The Balaban J connectivity index is 2.02. The molecule has 1 saturated carbocycles. The van der Waals surface area contributed by atoms with Crippen molar-refractivity contribution in [3.8, 4) is 0 Å². The van der Waals surface area contributed by atoms with Crippen LogP contribution in [0.4, 0.5) is 0 Å². The minimum absolute atomic E-state index is 0.0619. The third kappa shape index (κ3) is 3.05. The molecule has 0 unspecified atom stereocenters. The van der Waals surface area contributed by atoms with E-state index in [1.54, 1.807) is 13.8 Å². The predicted molar refractivity (Wildman–Crippen MR) is 86.6 cm³/mol. The van der Waals surface area contributed by atoms with Crippen LogP contribution >= 0.6 is 0 Å². The lowest BCUT2D eigenvalue weighted by Crippen LogP contribution is -2.49. The molecule has 2 fully saturated rings. The Hall–Kier alpha value is -0.0301.